The second-order valence-electron chi connectivity index (χ2n) is 10.9. The molecule has 0 bridgehead atoms. The van der Waals surface area contributed by atoms with E-state index in [0.717, 1.165) is 27.7 Å². The fourth-order valence-electron chi connectivity index (χ4n) is 5.44. The molecule has 10 heteroatoms. The summed E-state index contributed by atoms with van der Waals surface area (Å²) >= 11 is 0. The van der Waals surface area contributed by atoms with Crippen LogP contribution in [0.5, 0.6) is 0 Å². The van der Waals surface area contributed by atoms with E-state index in [-0.39, 0.29) is 36.9 Å². The number of amides is 3. The molecule has 0 radical (unpaired) electrons. The van der Waals surface area contributed by atoms with Gasteiger partial charge in [0.25, 0.3) is 0 Å². The third-order valence-corrected chi connectivity index (χ3v) is 7.78. The molecule has 3 amide bonds. The first-order valence-electron chi connectivity index (χ1n) is 14.4. The Labute approximate surface area is 245 Å². The van der Waals surface area contributed by atoms with Crippen LogP contribution in [-0.2, 0) is 40.8 Å². The zero-order valence-electron chi connectivity index (χ0n) is 23.8. The number of hydrogen-bond acceptors (Lipinski definition) is 6. The van der Waals surface area contributed by atoms with Gasteiger partial charge in [0, 0.05) is 32.6 Å². The van der Waals surface area contributed by atoms with E-state index < -0.39 is 12.1 Å². The minimum Gasteiger partial charge on any atom is -0.351 e. The summed E-state index contributed by atoms with van der Waals surface area (Å²) in [5.41, 5.74) is 11.0. The second kappa shape index (κ2) is 13.4. The molecule has 0 aliphatic carbocycles. The van der Waals surface area contributed by atoms with Gasteiger partial charge in [-0.3, -0.25) is 14.4 Å². The van der Waals surface area contributed by atoms with Crippen LogP contribution in [0.3, 0.4) is 0 Å². The number of fused-ring (bicyclic) bond motifs is 1. The molecule has 3 aromatic carbocycles. The van der Waals surface area contributed by atoms with E-state index in [1.54, 1.807) is 9.58 Å². The maximum Gasteiger partial charge on any atom is 0.243 e. The van der Waals surface area contributed by atoms with Crippen molar-refractivity contribution in [3.8, 4) is 0 Å². The molecule has 218 valence electrons. The molecule has 1 aliphatic heterocycles. The van der Waals surface area contributed by atoms with Gasteiger partial charge in [0.15, 0.2) is 0 Å². The van der Waals surface area contributed by atoms with Crippen molar-refractivity contribution in [3.63, 3.8) is 0 Å². The van der Waals surface area contributed by atoms with Gasteiger partial charge in [-0.15, -0.1) is 5.10 Å². The number of nitrogens with two attached hydrogens (primary N) is 1. The fourth-order valence-corrected chi connectivity index (χ4v) is 5.44. The summed E-state index contributed by atoms with van der Waals surface area (Å²) in [4.78, 5) is 41.3. The van der Waals surface area contributed by atoms with Crippen LogP contribution in [0.25, 0.3) is 11.0 Å². The van der Waals surface area contributed by atoms with Gasteiger partial charge < -0.3 is 21.3 Å². The minimum atomic E-state index is -0.757. The highest BCUT2D eigenvalue weighted by Crippen LogP contribution is 2.21. The number of rotatable bonds is 11. The first-order valence-corrected chi connectivity index (χ1v) is 14.4. The molecule has 2 heterocycles. The molecule has 4 aromatic rings. The molecule has 0 spiro atoms. The van der Waals surface area contributed by atoms with E-state index in [2.05, 4.69) is 20.9 Å². The van der Waals surface area contributed by atoms with Gasteiger partial charge in [-0.1, -0.05) is 71.9 Å². The predicted molar refractivity (Wildman–Crippen MR) is 160 cm³/mol. The average Bonchev–Trinajstić information content (AvgIpc) is 3.61. The second-order valence-corrected chi connectivity index (χ2v) is 10.9. The molecule has 1 aliphatic rings. The molecule has 1 aromatic heterocycles. The average molecular weight is 568 g/mol. The van der Waals surface area contributed by atoms with Crippen molar-refractivity contribution < 1.29 is 14.4 Å². The third kappa shape index (κ3) is 7.19. The quantitative estimate of drug-likeness (QED) is 0.255. The number of carbonyl (C=O) groups is 3. The van der Waals surface area contributed by atoms with E-state index >= 15 is 0 Å². The number of benzene rings is 3. The van der Waals surface area contributed by atoms with E-state index in [9.17, 15) is 14.4 Å². The van der Waals surface area contributed by atoms with Crippen LogP contribution in [0.1, 0.15) is 36.0 Å². The Morgan fingerprint density at radius 1 is 0.952 bits per heavy atom. The molecule has 42 heavy (non-hydrogen) atoms. The third-order valence-electron chi connectivity index (χ3n) is 7.78. The van der Waals surface area contributed by atoms with Crippen LogP contribution in [0.2, 0.25) is 0 Å². The summed E-state index contributed by atoms with van der Waals surface area (Å²) in [6.45, 7) is 0.511. The Morgan fingerprint density at radius 3 is 2.36 bits per heavy atom. The zero-order chi connectivity index (χ0) is 29.5. The minimum absolute atomic E-state index is 0.108. The SMILES string of the molecule is Cn1nnc2cc(CNC(=O)[C@@H]3C[C@H](NC(=O)CCc4ccccc4)CN3C(=O)[C@H](N)CCc3ccccc3)ccc21. The number of nitrogens with one attached hydrogen (secondary N) is 2. The highest BCUT2D eigenvalue weighted by atomic mass is 16.2. The van der Waals surface area contributed by atoms with Gasteiger partial charge >= 0.3 is 0 Å². The number of aryl methyl sites for hydroxylation is 3. The first-order chi connectivity index (χ1) is 20.4. The van der Waals surface area contributed by atoms with Gasteiger partial charge in [-0.05, 0) is 54.5 Å². The van der Waals surface area contributed by atoms with Crippen LogP contribution in [0.15, 0.2) is 78.9 Å². The van der Waals surface area contributed by atoms with Crippen molar-refractivity contribution in [1.82, 2.24) is 30.5 Å². The van der Waals surface area contributed by atoms with Crippen molar-refractivity contribution in [1.29, 1.82) is 0 Å². The number of likely N-dealkylation sites (tertiary alicyclic amines) is 1. The summed E-state index contributed by atoms with van der Waals surface area (Å²) in [5, 5.41) is 14.2. The Hall–Kier alpha value is -4.57. The predicted octanol–water partition coefficient (Wildman–Crippen LogP) is 2.26. The smallest absolute Gasteiger partial charge is 0.243 e. The highest BCUT2D eigenvalue weighted by Gasteiger charge is 2.41. The lowest BCUT2D eigenvalue weighted by atomic mass is 10.0. The maximum atomic E-state index is 13.5. The van der Waals surface area contributed by atoms with Gasteiger partial charge in [0.1, 0.15) is 11.6 Å². The van der Waals surface area contributed by atoms with Crippen molar-refractivity contribution in [3.05, 3.63) is 95.6 Å². The van der Waals surface area contributed by atoms with E-state index in [4.69, 9.17) is 5.73 Å². The Balaban J connectivity index is 1.23. The summed E-state index contributed by atoms with van der Waals surface area (Å²) in [7, 11) is 1.82. The van der Waals surface area contributed by atoms with Crippen LogP contribution in [0, 0.1) is 0 Å². The molecular formula is C32H37N7O3. The topological polar surface area (TPSA) is 135 Å². The van der Waals surface area contributed by atoms with E-state index in [1.165, 1.54) is 0 Å². The van der Waals surface area contributed by atoms with Gasteiger partial charge in [0.2, 0.25) is 17.7 Å². The van der Waals surface area contributed by atoms with E-state index in [1.807, 2.05) is 85.9 Å². The number of hydrogen-bond donors (Lipinski definition) is 3. The molecular weight excluding hydrogens is 530 g/mol. The summed E-state index contributed by atoms with van der Waals surface area (Å²) in [6.07, 6.45) is 2.38. The standard InChI is InChI=1S/C32H37N7O3/c1-38-28-16-13-24(18-27(28)36-37-38)20-34-31(41)29-19-25(35-30(40)17-14-23-10-6-3-7-11-23)21-39(29)32(42)26(33)15-12-22-8-4-2-5-9-22/h2-11,13,16,18,25-26,29H,12,14-15,17,19-21,33H2,1H3,(H,34,41)(H,35,40)/t25-,26+,29-/m0/s1. The van der Waals surface area contributed by atoms with Crippen LogP contribution < -0.4 is 16.4 Å². The van der Waals surface area contributed by atoms with Gasteiger partial charge in [0.05, 0.1) is 11.6 Å². The Kier molecular flexibility index (Phi) is 9.23. The number of carbonyl (C=O) groups excluding carboxylic acids is 3. The summed E-state index contributed by atoms with van der Waals surface area (Å²) < 4.78 is 1.69. The van der Waals surface area contributed by atoms with Gasteiger partial charge in [-0.2, -0.15) is 0 Å². The van der Waals surface area contributed by atoms with Crippen molar-refractivity contribution in [2.24, 2.45) is 12.8 Å². The lowest BCUT2D eigenvalue weighted by Crippen LogP contribution is -2.51. The number of nitrogens with zero attached hydrogens (tertiary/aromatic N) is 4. The molecule has 3 atom stereocenters. The lowest BCUT2D eigenvalue weighted by molar-refractivity contribution is -0.139. The monoisotopic (exact) mass is 567 g/mol. The molecule has 10 nitrogen and oxygen atoms in total. The molecule has 0 unspecified atom stereocenters. The van der Waals surface area contributed by atoms with E-state index in [0.29, 0.717) is 32.1 Å². The Morgan fingerprint density at radius 2 is 1.64 bits per heavy atom. The molecule has 1 saturated heterocycles. The lowest BCUT2D eigenvalue weighted by Gasteiger charge is -2.26. The van der Waals surface area contributed by atoms with Crippen molar-refractivity contribution in [2.45, 2.75) is 56.8 Å². The maximum absolute atomic E-state index is 13.5. The molecule has 1 fully saturated rings. The van der Waals surface area contributed by atoms with Crippen LogP contribution in [-0.4, -0.2) is 62.3 Å². The fraction of sp³-hybridized carbons (Fsp3) is 0.344. The zero-order valence-corrected chi connectivity index (χ0v) is 23.8. The summed E-state index contributed by atoms with van der Waals surface area (Å²) in [6, 6.07) is 23.6. The first kappa shape index (κ1) is 28.9. The van der Waals surface area contributed by atoms with Gasteiger partial charge in [-0.25, -0.2) is 4.68 Å². The van der Waals surface area contributed by atoms with Crippen molar-refractivity contribution in [2.75, 3.05) is 6.54 Å². The largest absolute Gasteiger partial charge is 0.351 e. The normalized spacial score (nSPS) is 17.2. The highest BCUT2D eigenvalue weighted by molar-refractivity contribution is 5.91. The Bertz CT molecular complexity index is 1520. The van der Waals surface area contributed by atoms with Crippen LogP contribution in [0.4, 0.5) is 0 Å². The van der Waals surface area contributed by atoms with Crippen LogP contribution >= 0.6 is 0 Å². The summed E-state index contributed by atoms with van der Waals surface area (Å²) in [5.74, 6) is -0.671. The van der Waals surface area contributed by atoms with Crippen molar-refractivity contribution >= 4 is 28.8 Å². The molecule has 4 N–H and O–H groups in total. The molecule has 5 rings (SSSR count). The molecule has 0 saturated carbocycles. The number of aromatic nitrogens is 3.